The van der Waals surface area contributed by atoms with E-state index < -0.39 is 18.0 Å². The second-order valence-corrected chi connectivity index (χ2v) is 8.04. The zero-order valence-electron chi connectivity index (χ0n) is 17.9. The number of amides is 1. The van der Waals surface area contributed by atoms with Crippen molar-refractivity contribution in [3.63, 3.8) is 0 Å². The van der Waals surface area contributed by atoms with Crippen LogP contribution in [-0.4, -0.2) is 46.8 Å². The molecule has 1 aromatic carbocycles. The Morgan fingerprint density at radius 1 is 1.39 bits per heavy atom. The van der Waals surface area contributed by atoms with Gasteiger partial charge in [-0.15, -0.1) is 5.06 Å². The summed E-state index contributed by atoms with van der Waals surface area (Å²) in [6.45, 7) is 8.08. The van der Waals surface area contributed by atoms with E-state index in [1.807, 2.05) is 27.0 Å². The molecule has 0 radical (unpaired) electrons. The highest BCUT2D eigenvalue weighted by Gasteiger charge is 2.24. The van der Waals surface area contributed by atoms with Crippen molar-refractivity contribution in [1.82, 2.24) is 25.7 Å². The number of hydrogen-bond acceptors (Lipinski definition) is 7. The van der Waals surface area contributed by atoms with E-state index in [9.17, 15) is 9.18 Å². The number of nitrogens with zero attached hydrogens (tertiary/aromatic N) is 3. The average molecular weight is 451 g/mol. The van der Waals surface area contributed by atoms with Crippen LogP contribution in [0.1, 0.15) is 43.6 Å². The molecule has 0 fully saturated rings. The topological polar surface area (TPSA) is 91.4 Å². The van der Waals surface area contributed by atoms with Crippen molar-refractivity contribution in [2.24, 2.45) is 0 Å². The third-order valence-corrected chi connectivity index (χ3v) is 5.07. The number of carbonyl (C=O) groups is 1. The van der Waals surface area contributed by atoms with Gasteiger partial charge in [0.15, 0.2) is 0 Å². The number of likely N-dealkylation sites (N-methyl/N-ethyl adjacent to an activating group) is 1. The predicted molar refractivity (Wildman–Crippen MR) is 117 cm³/mol. The third-order valence-electron chi connectivity index (χ3n) is 4.78. The van der Waals surface area contributed by atoms with Gasteiger partial charge in [-0.1, -0.05) is 24.6 Å². The lowest BCUT2D eigenvalue weighted by atomic mass is 10.1. The lowest BCUT2D eigenvalue weighted by molar-refractivity contribution is -0.112. The van der Waals surface area contributed by atoms with E-state index in [0.717, 1.165) is 17.8 Å². The number of benzene rings is 1. The fraction of sp³-hybridized carbons (Fsp3) is 0.476. The van der Waals surface area contributed by atoms with Crippen molar-refractivity contribution < 1.29 is 14.0 Å². The monoisotopic (exact) mass is 450 g/mol. The van der Waals surface area contributed by atoms with Crippen LogP contribution >= 0.6 is 11.6 Å². The molecule has 168 valence electrons. The summed E-state index contributed by atoms with van der Waals surface area (Å²) in [5, 5.41) is 10.8. The van der Waals surface area contributed by atoms with Crippen LogP contribution in [-0.2, 0) is 17.8 Å². The van der Waals surface area contributed by atoms with Crippen LogP contribution < -0.4 is 16.0 Å². The van der Waals surface area contributed by atoms with E-state index in [4.69, 9.17) is 16.4 Å². The van der Waals surface area contributed by atoms with Crippen molar-refractivity contribution in [2.45, 2.75) is 45.8 Å². The van der Waals surface area contributed by atoms with Gasteiger partial charge in [-0.3, -0.25) is 0 Å². The van der Waals surface area contributed by atoms with Crippen molar-refractivity contribution in [2.75, 3.05) is 25.0 Å². The Labute approximate surface area is 186 Å². The zero-order chi connectivity index (χ0) is 22.4. The first-order valence-electron chi connectivity index (χ1n) is 10.4. The Morgan fingerprint density at radius 3 is 2.90 bits per heavy atom. The molecular weight excluding hydrogens is 423 g/mol. The number of halogens is 2. The molecule has 0 unspecified atom stereocenters. The summed E-state index contributed by atoms with van der Waals surface area (Å²) in [4.78, 5) is 27.0. The smallest absolute Gasteiger partial charge is 0.352 e. The number of aromatic nitrogens is 2. The molecule has 3 rings (SSSR count). The van der Waals surface area contributed by atoms with Crippen molar-refractivity contribution in [1.29, 1.82) is 0 Å². The Kier molecular flexibility index (Phi) is 8.00. The summed E-state index contributed by atoms with van der Waals surface area (Å²) in [5.74, 6) is 0.0504. The van der Waals surface area contributed by atoms with Gasteiger partial charge < -0.3 is 20.8 Å². The van der Waals surface area contributed by atoms with Crippen LogP contribution in [0.5, 0.6) is 0 Å². The van der Waals surface area contributed by atoms with Gasteiger partial charge in [-0.05, 0) is 50.1 Å². The summed E-state index contributed by atoms with van der Waals surface area (Å²) in [6, 6.07) is 4.19. The number of hydroxylamine groups is 2. The maximum absolute atomic E-state index is 13.5. The highest BCUT2D eigenvalue weighted by atomic mass is 35.5. The second kappa shape index (κ2) is 10.7. The SMILES string of the molecule is CCNC[C@@H](NC(=O)ON1CCc2cnc(NC(C)C)nc2C1)c1ccc(F)c(Cl)c1. The Hall–Kier alpha value is -2.49. The fourth-order valence-corrected chi connectivity index (χ4v) is 3.43. The van der Waals surface area contributed by atoms with E-state index >= 15 is 0 Å². The summed E-state index contributed by atoms with van der Waals surface area (Å²) in [6.07, 6.45) is 1.90. The van der Waals surface area contributed by atoms with Crippen LogP contribution in [0, 0.1) is 5.82 Å². The van der Waals surface area contributed by atoms with Gasteiger partial charge in [0.25, 0.3) is 0 Å². The molecule has 0 saturated heterocycles. The van der Waals surface area contributed by atoms with Crippen LogP contribution in [0.4, 0.5) is 15.1 Å². The van der Waals surface area contributed by atoms with E-state index in [1.165, 1.54) is 12.1 Å². The molecule has 0 bridgehead atoms. The third kappa shape index (κ3) is 6.49. The maximum Gasteiger partial charge on any atom is 0.426 e. The zero-order valence-corrected chi connectivity index (χ0v) is 18.7. The lowest BCUT2D eigenvalue weighted by Gasteiger charge is -2.28. The maximum atomic E-state index is 13.5. The highest BCUT2D eigenvalue weighted by molar-refractivity contribution is 6.30. The van der Waals surface area contributed by atoms with Crippen LogP contribution in [0.3, 0.4) is 0 Å². The normalized spacial score (nSPS) is 14.8. The molecule has 10 heteroatoms. The van der Waals surface area contributed by atoms with Crippen molar-refractivity contribution >= 4 is 23.6 Å². The van der Waals surface area contributed by atoms with E-state index in [0.29, 0.717) is 37.6 Å². The molecule has 2 heterocycles. The second-order valence-electron chi connectivity index (χ2n) is 7.63. The van der Waals surface area contributed by atoms with E-state index in [-0.39, 0.29) is 11.1 Å². The van der Waals surface area contributed by atoms with Gasteiger partial charge in [0, 0.05) is 25.3 Å². The first-order valence-corrected chi connectivity index (χ1v) is 10.7. The van der Waals surface area contributed by atoms with Crippen molar-refractivity contribution in [3.05, 3.63) is 52.1 Å². The molecule has 3 N–H and O–H groups in total. The molecule has 1 atom stereocenters. The lowest BCUT2D eigenvalue weighted by Crippen LogP contribution is -2.41. The minimum atomic E-state index is -0.596. The van der Waals surface area contributed by atoms with E-state index in [1.54, 1.807) is 11.1 Å². The van der Waals surface area contributed by atoms with Gasteiger partial charge in [-0.2, -0.15) is 0 Å². The molecule has 1 aliphatic heterocycles. The first kappa shape index (κ1) is 23.2. The minimum Gasteiger partial charge on any atom is -0.352 e. The summed E-state index contributed by atoms with van der Waals surface area (Å²) in [7, 11) is 0. The highest BCUT2D eigenvalue weighted by Crippen LogP contribution is 2.22. The molecule has 1 amide bonds. The average Bonchev–Trinajstić information content (AvgIpc) is 2.72. The Balaban J connectivity index is 1.63. The molecule has 0 saturated carbocycles. The molecule has 0 aliphatic carbocycles. The summed E-state index contributed by atoms with van der Waals surface area (Å²) < 4.78 is 13.5. The van der Waals surface area contributed by atoms with Gasteiger partial charge in [-0.25, -0.2) is 19.2 Å². The molecule has 31 heavy (non-hydrogen) atoms. The molecule has 8 nitrogen and oxygen atoms in total. The molecule has 1 aliphatic rings. The van der Waals surface area contributed by atoms with Crippen LogP contribution in [0.25, 0.3) is 0 Å². The van der Waals surface area contributed by atoms with E-state index in [2.05, 4.69) is 25.9 Å². The number of nitrogens with one attached hydrogen (secondary N) is 3. The first-order chi connectivity index (χ1) is 14.9. The van der Waals surface area contributed by atoms with Crippen molar-refractivity contribution in [3.8, 4) is 0 Å². The Bertz CT molecular complexity index is 913. The number of rotatable bonds is 8. The molecule has 0 spiro atoms. The standard InChI is InChI=1S/C21H28ClFN6O2/c1-4-24-11-18(14-5-6-17(23)16(22)9-14)28-21(30)31-29-8-7-15-10-25-20(26-13(2)3)27-19(15)12-29/h5-6,9-10,13,18,24H,4,7-8,11-12H2,1-3H3,(H,28,30)(H,25,26,27)/t18-/m1/s1. The molecule has 2 aromatic rings. The largest absolute Gasteiger partial charge is 0.426 e. The quantitative estimate of drug-likeness (QED) is 0.567. The summed E-state index contributed by atoms with van der Waals surface area (Å²) >= 11 is 5.91. The predicted octanol–water partition coefficient (Wildman–Crippen LogP) is 3.44. The molecule has 1 aromatic heterocycles. The van der Waals surface area contributed by atoms with Crippen LogP contribution in [0.15, 0.2) is 24.4 Å². The number of anilines is 1. The van der Waals surface area contributed by atoms with Gasteiger partial charge in [0.05, 0.1) is 23.3 Å². The van der Waals surface area contributed by atoms with Gasteiger partial charge in [0.1, 0.15) is 5.82 Å². The molecular formula is C21H28ClFN6O2. The van der Waals surface area contributed by atoms with Crippen LogP contribution in [0.2, 0.25) is 5.02 Å². The fourth-order valence-electron chi connectivity index (χ4n) is 3.24. The summed E-state index contributed by atoms with van der Waals surface area (Å²) in [5.41, 5.74) is 2.55. The number of carbonyl (C=O) groups excluding carboxylic acids is 1. The number of fused-ring (bicyclic) bond motifs is 1. The van der Waals surface area contributed by atoms with Gasteiger partial charge >= 0.3 is 6.09 Å². The minimum absolute atomic E-state index is 0.00676. The Morgan fingerprint density at radius 2 is 2.19 bits per heavy atom. The van der Waals surface area contributed by atoms with Gasteiger partial charge in [0.2, 0.25) is 5.95 Å². The number of hydrogen-bond donors (Lipinski definition) is 3.